The van der Waals surface area contributed by atoms with E-state index in [1.54, 1.807) is 0 Å². The molecule has 4 heteroatoms. The van der Waals surface area contributed by atoms with Crippen LogP contribution in [0, 0.1) is 17.8 Å². The van der Waals surface area contributed by atoms with Crippen LogP contribution in [0.3, 0.4) is 0 Å². The van der Waals surface area contributed by atoms with Crippen LogP contribution in [-0.2, 0) is 4.79 Å². The third kappa shape index (κ3) is 11.8. The van der Waals surface area contributed by atoms with E-state index in [0.29, 0.717) is 24.8 Å². The van der Waals surface area contributed by atoms with Gasteiger partial charge in [0.1, 0.15) is 0 Å². The predicted molar refractivity (Wildman–Crippen MR) is 128 cm³/mol. The van der Waals surface area contributed by atoms with Crippen molar-refractivity contribution in [3.8, 4) is 0 Å². The first-order chi connectivity index (χ1) is 13.5. The largest absolute Gasteiger partial charge is 0.382 e. The lowest BCUT2D eigenvalue weighted by atomic mass is 9.91. The highest BCUT2D eigenvalue weighted by molar-refractivity contribution is 5.76. The van der Waals surface area contributed by atoms with E-state index in [4.69, 9.17) is 0 Å². The Morgan fingerprint density at radius 3 is 2.03 bits per heavy atom. The molecular formula is C25H47N3O. The fraction of sp³-hybridized carbons (Fsp3) is 0.720. The average molecular weight is 406 g/mol. The fourth-order valence-electron chi connectivity index (χ4n) is 3.24. The number of rotatable bonds is 16. The van der Waals surface area contributed by atoms with Crippen molar-refractivity contribution in [3.05, 3.63) is 36.7 Å². The SMILES string of the molecule is C=C(CNC(=C)[C@H](NC(=O)CCCCC)C(C)C)NC(CC(C)C)C(=C)C(C)C. The van der Waals surface area contributed by atoms with Crippen LogP contribution in [0.25, 0.3) is 0 Å². The normalized spacial score (nSPS) is 13.3. The smallest absolute Gasteiger partial charge is 0.220 e. The molecule has 0 radical (unpaired) electrons. The molecule has 0 saturated carbocycles. The maximum Gasteiger partial charge on any atom is 0.220 e. The van der Waals surface area contributed by atoms with Gasteiger partial charge in [-0.25, -0.2) is 0 Å². The fourth-order valence-corrected chi connectivity index (χ4v) is 3.24. The molecule has 0 aliphatic heterocycles. The lowest BCUT2D eigenvalue weighted by Crippen LogP contribution is -2.44. The molecule has 0 aromatic carbocycles. The average Bonchev–Trinajstić information content (AvgIpc) is 2.62. The molecule has 4 nitrogen and oxygen atoms in total. The van der Waals surface area contributed by atoms with Crippen LogP contribution in [0.2, 0.25) is 0 Å². The second-order valence-corrected chi connectivity index (χ2v) is 9.28. The summed E-state index contributed by atoms with van der Waals surface area (Å²) in [6.45, 7) is 28.4. The van der Waals surface area contributed by atoms with Crippen LogP contribution in [0.4, 0.5) is 0 Å². The summed E-state index contributed by atoms with van der Waals surface area (Å²) < 4.78 is 0. The Labute approximate surface area is 180 Å². The molecule has 2 atom stereocenters. The zero-order valence-electron chi connectivity index (χ0n) is 20.2. The predicted octanol–water partition coefficient (Wildman–Crippen LogP) is 5.54. The van der Waals surface area contributed by atoms with Gasteiger partial charge in [0.2, 0.25) is 5.91 Å². The van der Waals surface area contributed by atoms with Crippen LogP contribution < -0.4 is 16.0 Å². The summed E-state index contributed by atoms with van der Waals surface area (Å²) in [4.78, 5) is 12.2. The van der Waals surface area contributed by atoms with E-state index in [-0.39, 0.29) is 23.9 Å². The highest BCUT2D eigenvalue weighted by atomic mass is 16.1. The molecule has 3 N–H and O–H groups in total. The minimum absolute atomic E-state index is 0.0889. The molecule has 0 spiro atoms. The summed E-state index contributed by atoms with van der Waals surface area (Å²) in [6, 6.07) is 0.130. The lowest BCUT2D eigenvalue weighted by Gasteiger charge is -2.29. The molecule has 0 heterocycles. The van der Waals surface area contributed by atoms with Crippen LogP contribution in [0.15, 0.2) is 36.7 Å². The summed E-state index contributed by atoms with van der Waals surface area (Å²) >= 11 is 0. The number of nitrogens with one attached hydrogen (secondary N) is 3. The Bertz CT molecular complexity index is 534. The van der Waals surface area contributed by atoms with Crippen LogP contribution >= 0.6 is 0 Å². The first kappa shape index (κ1) is 27.3. The number of hydrogen-bond donors (Lipinski definition) is 3. The second-order valence-electron chi connectivity index (χ2n) is 9.28. The molecule has 1 amide bonds. The summed E-state index contributed by atoms with van der Waals surface area (Å²) in [5.41, 5.74) is 2.95. The van der Waals surface area contributed by atoms with Gasteiger partial charge < -0.3 is 16.0 Å². The van der Waals surface area contributed by atoms with Crippen molar-refractivity contribution in [3.63, 3.8) is 0 Å². The first-order valence-corrected chi connectivity index (χ1v) is 11.3. The zero-order chi connectivity index (χ0) is 22.6. The van der Waals surface area contributed by atoms with Gasteiger partial charge in [0.15, 0.2) is 0 Å². The van der Waals surface area contributed by atoms with Gasteiger partial charge in [-0.2, -0.15) is 0 Å². The van der Waals surface area contributed by atoms with E-state index in [0.717, 1.165) is 37.1 Å². The van der Waals surface area contributed by atoms with E-state index in [1.807, 2.05) is 0 Å². The van der Waals surface area contributed by atoms with Crippen molar-refractivity contribution < 1.29 is 4.79 Å². The molecule has 0 aromatic rings. The number of hydrogen-bond acceptors (Lipinski definition) is 3. The van der Waals surface area contributed by atoms with Crippen molar-refractivity contribution in [2.24, 2.45) is 17.8 Å². The molecular weight excluding hydrogens is 358 g/mol. The molecule has 0 rings (SSSR count). The van der Waals surface area contributed by atoms with Gasteiger partial charge in [-0.15, -0.1) is 0 Å². The summed E-state index contributed by atoms with van der Waals surface area (Å²) in [5, 5.41) is 10.0. The molecule has 0 bridgehead atoms. The van der Waals surface area contributed by atoms with Crippen molar-refractivity contribution in [1.82, 2.24) is 16.0 Å². The lowest BCUT2D eigenvalue weighted by molar-refractivity contribution is -0.122. The van der Waals surface area contributed by atoms with Gasteiger partial charge in [-0.3, -0.25) is 4.79 Å². The number of carbonyl (C=O) groups is 1. The third-order valence-electron chi connectivity index (χ3n) is 5.17. The van der Waals surface area contributed by atoms with Gasteiger partial charge in [0.25, 0.3) is 0 Å². The molecule has 168 valence electrons. The van der Waals surface area contributed by atoms with Crippen molar-refractivity contribution in [1.29, 1.82) is 0 Å². The van der Waals surface area contributed by atoms with Crippen molar-refractivity contribution in [2.75, 3.05) is 6.54 Å². The molecule has 0 aliphatic carbocycles. The number of amides is 1. The van der Waals surface area contributed by atoms with E-state index >= 15 is 0 Å². The Hall–Kier alpha value is -1.71. The summed E-state index contributed by atoms with van der Waals surface area (Å²) in [6.07, 6.45) is 4.74. The Balaban J connectivity index is 4.73. The van der Waals surface area contributed by atoms with E-state index in [1.165, 1.54) is 5.57 Å². The maximum absolute atomic E-state index is 12.2. The monoisotopic (exact) mass is 405 g/mol. The first-order valence-electron chi connectivity index (χ1n) is 11.3. The van der Waals surface area contributed by atoms with Crippen molar-refractivity contribution >= 4 is 5.91 Å². The Kier molecular flexibility index (Phi) is 13.5. The molecule has 0 fully saturated rings. The van der Waals surface area contributed by atoms with Gasteiger partial charge in [0, 0.05) is 23.9 Å². The number of unbranched alkanes of at least 4 members (excludes halogenated alkanes) is 2. The van der Waals surface area contributed by atoms with Crippen molar-refractivity contribution in [2.45, 2.75) is 92.7 Å². The molecule has 29 heavy (non-hydrogen) atoms. The second kappa shape index (κ2) is 14.3. The zero-order valence-corrected chi connectivity index (χ0v) is 20.2. The van der Waals surface area contributed by atoms with Crippen LogP contribution in [-0.4, -0.2) is 24.5 Å². The summed E-state index contributed by atoms with van der Waals surface area (Å²) in [5.74, 6) is 1.37. The topological polar surface area (TPSA) is 53.2 Å². The quantitative estimate of drug-likeness (QED) is 0.233. The van der Waals surface area contributed by atoms with E-state index < -0.39 is 0 Å². The van der Waals surface area contributed by atoms with E-state index in [2.05, 4.69) is 84.2 Å². The number of carbonyl (C=O) groups excluding carboxylic acids is 1. The highest BCUT2D eigenvalue weighted by Gasteiger charge is 2.20. The Morgan fingerprint density at radius 2 is 1.55 bits per heavy atom. The minimum atomic E-state index is -0.0889. The van der Waals surface area contributed by atoms with Gasteiger partial charge in [-0.05, 0) is 30.6 Å². The standard InChI is InChI=1S/C25H47N3O/c1-11-12-13-14-24(29)28-25(19(6)7)22(10)26-16-20(8)27-23(15-17(2)3)21(9)18(4)5/h17-19,23,25-27H,8-16H2,1-7H3,(H,28,29)/t23?,25-/m1/s1. The van der Waals surface area contributed by atoms with E-state index in [9.17, 15) is 4.79 Å². The third-order valence-corrected chi connectivity index (χ3v) is 5.17. The minimum Gasteiger partial charge on any atom is -0.382 e. The molecule has 0 aromatic heterocycles. The Morgan fingerprint density at radius 1 is 0.931 bits per heavy atom. The maximum atomic E-state index is 12.2. The van der Waals surface area contributed by atoms with Crippen LogP contribution in [0.5, 0.6) is 0 Å². The molecule has 0 aliphatic rings. The van der Waals surface area contributed by atoms with Gasteiger partial charge in [0.05, 0.1) is 12.6 Å². The molecule has 0 saturated heterocycles. The molecule has 1 unspecified atom stereocenters. The highest BCUT2D eigenvalue weighted by Crippen LogP contribution is 2.19. The van der Waals surface area contributed by atoms with Gasteiger partial charge >= 0.3 is 0 Å². The summed E-state index contributed by atoms with van der Waals surface area (Å²) in [7, 11) is 0. The van der Waals surface area contributed by atoms with Crippen LogP contribution in [0.1, 0.15) is 80.6 Å². The van der Waals surface area contributed by atoms with Gasteiger partial charge in [-0.1, -0.05) is 86.6 Å².